The molecular weight excluding hydrogens is 234 g/mol. The van der Waals surface area contributed by atoms with Crippen LogP contribution in [0.15, 0.2) is 16.7 Å². The molecule has 5 nitrogen and oxygen atoms in total. The molecule has 1 atom stereocenters. The molecule has 0 bridgehead atoms. The number of rotatable bonds is 4. The van der Waals surface area contributed by atoms with Crippen molar-refractivity contribution in [2.75, 3.05) is 20.2 Å². The Kier molecular flexibility index (Phi) is 3.73. The zero-order chi connectivity index (χ0) is 13.2. The van der Waals surface area contributed by atoms with E-state index < -0.39 is 5.97 Å². The van der Waals surface area contributed by atoms with Crippen LogP contribution in [0.5, 0.6) is 0 Å². The van der Waals surface area contributed by atoms with Crippen LogP contribution in [0, 0.1) is 0 Å². The fourth-order valence-corrected chi connectivity index (χ4v) is 2.50. The van der Waals surface area contributed by atoms with Gasteiger partial charge >= 0.3 is 5.97 Å². The van der Waals surface area contributed by atoms with Crippen LogP contribution in [-0.2, 0) is 11.3 Å². The van der Waals surface area contributed by atoms with Gasteiger partial charge in [0, 0.05) is 25.8 Å². The highest BCUT2D eigenvalue weighted by atomic mass is 16.5. The second kappa shape index (κ2) is 5.12. The molecular formula is C13H19NO4. The summed E-state index contributed by atoms with van der Waals surface area (Å²) in [4.78, 5) is 13.2. The average molecular weight is 253 g/mol. The number of carboxylic acid groups (broad SMARTS) is 1. The molecule has 1 fully saturated rings. The molecule has 0 aliphatic carbocycles. The Morgan fingerprint density at radius 1 is 1.67 bits per heavy atom. The molecule has 2 heterocycles. The smallest absolute Gasteiger partial charge is 0.372 e. The zero-order valence-electron chi connectivity index (χ0n) is 10.8. The number of ether oxygens (including phenoxy) is 1. The van der Waals surface area contributed by atoms with Gasteiger partial charge in [-0.1, -0.05) is 0 Å². The second-order valence-corrected chi connectivity index (χ2v) is 5.05. The normalized spacial score (nSPS) is 25.2. The fraction of sp³-hybridized carbons (Fsp3) is 0.615. The summed E-state index contributed by atoms with van der Waals surface area (Å²) in [7, 11) is 1.73. The minimum atomic E-state index is -1.01. The Labute approximate surface area is 106 Å². The molecule has 2 rings (SSSR count). The number of methoxy groups -OCH3 is 1. The largest absolute Gasteiger partial charge is 0.475 e. The van der Waals surface area contributed by atoms with Crippen LogP contribution in [0.25, 0.3) is 0 Å². The predicted molar refractivity (Wildman–Crippen MR) is 65.6 cm³/mol. The number of hydrogen-bond acceptors (Lipinski definition) is 4. The lowest BCUT2D eigenvalue weighted by Crippen LogP contribution is -2.46. The lowest BCUT2D eigenvalue weighted by molar-refractivity contribution is -0.0527. The van der Waals surface area contributed by atoms with Crippen LogP contribution in [0.3, 0.4) is 0 Å². The van der Waals surface area contributed by atoms with Gasteiger partial charge in [0.25, 0.3) is 0 Å². The highest BCUT2D eigenvalue weighted by Gasteiger charge is 2.31. The van der Waals surface area contributed by atoms with E-state index in [4.69, 9.17) is 14.3 Å². The van der Waals surface area contributed by atoms with Crippen molar-refractivity contribution in [3.63, 3.8) is 0 Å². The Bertz CT molecular complexity index is 428. The third kappa shape index (κ3) is 2.73. The molecule has 1 aliphatic heterocycles. The molecule has 1 unspecified atom stereocenters. The van der Waals surface area contributed by atoms with E-state index in [-0.39, 0.29) is 11.4 Å². The number of carbonyl (C=O) groups is 1. The molecule has 1 aromatic rings. The van der Waals surface area contributed by atoms with E-state index in [1.54, 1.807) is 13.2 Å². The van der Waals surface area contributed by atoms with Gasteiger partial charge in [-0.25, -0.2) is 4.79 Å². The van der Waals surface area contributed by atoms with Crippen LogP contribution >= 0.6 is 0 Å². The highest BCUT2D eigenvalue weighted by molar-refractivity contribution is 5.86. The molecule has 0 spiro atoms. The van der Waals surface area contributed by atoms with Crippen molar-refractivity contribution in [3.8, 4) is 0 Å². The number of furan rings is 1. The molecule has 1 aliphatic rings. The van der Waals surface area contributed by atoms with Crippen molar-refractivity contribution in [1.29, 1.82) is 0 Å². The summed E-state index contributed by atoms with van der Waals surface area (Å²) >= 11 is 0. The minimum absolute atomic E-state index is 0.0414. The van der Waals surface area contributed by atoms with Crippen molar-refractivity contribution < 1.29 is 19.1 Å². The van der Waals surface area contributed by atoms with Gasteiger partial charge in [0.1, 0.15) is 0 Å². The van der Waals surface area contributed by atoms with Crippen molar-refractivity contribution >= 4 is 5.97 Å². The Morgan fingerprint density at radius 2 is 2.44 bits per heavy atom. The van der Waals surface area contributed by atoms with E-state index in [1.165, 1.54) is 6.26 Å². The van der Waals surface area contributed by atoms with Gasteiger partial charge in [-0.2, -0.15) is 0 Å². The quantitative estimate of drug-likeness (QED) is 0.889. The molecule has 1 N–H and O–H groups in total. The molecule has 1 saturated heterocycles. The monoisotopic (exact) mass is 253 g/mol. The van der Waals surface area contributed by atoms with Gasteiger partial charge in [-0.3, -0.25) is 4.90 Å². The maximum absolute atomic E-state index is 11.0. The average Bonchev–Trinajstić information content (AvgIpc) is 2.77. The Balaban J connectivity index is 2.05. The van der Waals surface area contributed by atoms with Gasteiger partial charge in [0.15, 0.2) is 0 Å². The van der Waals surface area contributed by atoms with Crippen LogP contribution in [0.4, 0.5) is 0 Å². The van der Waals surface area contributed by atoms with Crippen LogP contribution in [-0.4, -0.2) is 41.8 Å². The SMILES string of the molecule is COC1(C)CCCN(Cc2ccoc2C(=O)O)C1. The zero-order valence-corrected chi connectivity index (χ0v) is 10.8. The van der Waals surface area contributed by atoms with E-state index in [2.05, 4.69) is 11.8 Å². The van der Waals surface area contributed by atoms with E-state index in [0.29, 0.717) is 6.54 Å². The maximum atomic E-state index is 11.0. The molecule has 0 saturated carbocycles. The second-order valence-electron chi connectivity index (χ2n) is 5.05. The Hall–Kier alpha value is -1.33. The minimum Gasteiger partial charge on any atom is -0.475 e. The number of likely N-dealkylation sites (tertiary alicyclic amines) is 1. The summed E-state index contributed by atoms with van der Waals surface area (Å²) in [5.74, 6) is -0.971. The number of aromatic carboxylic acids is 1. The van der Waals surface area contributed by atoms with Crippen molar-refractivity contribution in [2.24, 2.45) is 0 Å². The first-order valence-electron chi connectivity index (χ1n) is 6.11. The van der Waals surface area contributed by atoms with Crippen LogP contribution in [0.1, 0.15) is 35.9 Å². The van der Waals surface area contributed by atoms with Gasteiger partial charge in [0.2, 0.25) is 5.76 Å². The maximum Gasteiger partial charge on any atom is 0.372 e. The van der Waals surface area contributed by atoms with Gasteiger partial charge in [-0.05, 0) is 32.4 Å². The number of carboxylic acids is 1. The first-order chi connectivity index (χ1) is 8.54. The first kappa shape index (κ1) is 13.1. The lowest BCUT2D eigenvalue weighted by Gasteiger charge is -2.39. The highest BCUT2D eigenvalue weighted by Crippen LogP contribution is 2.25. The van der Waals surface area contributed by atoms with Gasteiger partial charge in [-0.15, -0.1) is 0 Å². The van der Waals surface area contributed by atoms with Crippen molar-refractivity contribution in [1.82, 2.24) is 4.90 Å². The van der Waals surface area contributed by atoms with E-state index in [1.807, 2.05) is 0 Å². The van der Waals surface area contributed by atoms with Crippen LogP contribution in [0.2, 0.25) is 0 Å². The number of hydrogen-bond donors (Lipinski definition) is 1. The number of nitrogens with zero attached hydrogens (tertiary/aromatic N) is 1. The third-order valence-electron chi connectivity index (χ3n) is 3.57. The van der Waals surface area contributed by atoms with Crippen molar-refractivity contribution in [3.05, 3.63) is 23.7 Å². The summed E-state index contributed by atoms with van der Waals surface area (Å²) < 4.78 is 10.5. The first-order valence-corrected chi connectivity index (χ1v) is 6.11. The number of piperidine rings is 1. The molecule has 18 heavy (non-hydrogen) atoms. The molecule has 0 amide bonds. The summed E-state index contributed by atoms with van der Waals surface area (Å²) in [6.07, 6.45) is 3.53. The fourth-order valence-electron chi connectivity index (χ4n) is 2.50. The summed E-state index contributed by atoms with van der Waals surface area (Å²) in [6, 6.07) is 1.72. The molecule has 100 valence electrons. The third-order valence-corrected chi connectivity index (χ3v) is 3.57. The van der Waals surface area contributed by atoms with Crippen LogP contribution < -0.4 is 0 Å². The van der Waals surface area contributed by atoms with Gasteiger partial charge < -0.3 is 14.3 Å². The predicted octanol–water partition coefficient (Wildman–Crippen LogP) is 1.98. The molecule has 0 radical (unpaired) electrons. The topological polar surface area (TPSA) is 62.9 Å². The summed E-state index contributed by atoms with van der Waals surface area (Å²) in [5, 5.41) is 9.00. The van der Waals surface area contributed by atoms with E-state index in [0.717, 1.165) is 31.5 Å². The standard InChI is InChI=1S/C13H19NO4/c1-13(17-2)5-3-6-14(9-13)8-10-4-7-18-11(10)12(15)16/h4,7H,3,5-6,8-9H2,1-2H3,(H,15,16). The molecule has 1 aromatic heterocycles. The van der Waals surface area contributed by atoms with E-state index >= 15 is 0 Å². The summed E-state index contributed by atoms with van der Waals surface area (Å²) in [5.41, 5.74) is 0.591. The molecule has 5 heteroatoms. The molecule has 0 aromatic carbocycles. The summed E-state index contributed by atoms with van der Waals surface area (Å²) in [6.45, 7) is 4.46. The Morgan fingerprint density at radius 3 is 3.11 bits per heavy atom. The van der Waals surface area contributed by atoms with E-state index in [9.17, 15) is 4.79 Å². The lowest BCUT2D eigenvalue weighted by atomic mass is 9.94. The van der Waals surface area contributed by atoms with Gasteiger partial charge in [0.05, 0.1) is 11.9 Å². The van der Waals surface area contributed by atoms with Crippen molar-refractivity contribution in [2.45, 2.75) is 31.9 Å².